The zero-order valence-electron chi connectivity index (χ0n) is 13.5. The lowest BCUT2D eigenvalue weighted by Gasteiger charge is -2.21. The normalized spacial score (nSPS) is 12.2. The Labute approximate surface area is 126 Å². The van der Waals surface area contributed by atoms with Crippen molar-refractivity contribution < 1.29 is 0 Å². The molecule has 0 aliphatic heterocycles. The molecule has 1 rings (SSSR count). The lowest BCUT2D eigenvalue weighted by atomic mass is 10.2. The van der Waals surface area contributed by atoms with Crippen molar-refractivity contribution in [3.63, 3.8) is 0 Å². The summed E-state index contributed by atoms with van der Waals surface area (Å²) >= 11 is 0. The van der Waals surface area contributed by atoms with Gasteiger partial charge in [-0.15, -0.1) is 7.92 Å². The fourth-order valence-electron chi connectivity index (χ4n) is 2.38. The summed E-state index contributed by atoms with van der Waals surface area (Å²) in [5.41, 5.74) is 1.21. The minimum absolute atomic E-state index is 0.216. The molecule has 0 spiro atoms. The molecule has 112 valence electrons. The first kappa shape index (κ1) is 17.4. The van der Waals surface area contributed by atoms with E-state index in [4.69, 9.17) is 0 Å². The van der Waals surface area contributed by atoms with E-state index in [9.17, 15) is 0 Å². The fraction of sp³-hybridized carbons (Fsp3) is 0.611. The summed E-state index contributed by atoms with van der Waals surface area (Å²) in [7, 11) is 0.216. The number of rotatable bonds is 9. The Bertz CT molecular complexity index is 360. The predicted octanol–water partition coefficient (Wildman–Crippen LogP) is 5.29. The third-order valence-electron chi connectivity index (χ3n) is 3.05. The van der Waals surface area contributed by atoms with Crippen LogP contribution in [-0.2, 0) is 0 Å². The monoisotopic (exact) mass is 291 g/mol. The second-order valence-corrected chi connectivity index (χ2v) is 8.87. The third-order valence-corrected chi connectivity index (χ3v) is 6.49. The van der Waals surface area contributed by atoms with E-state index in [0.29, 0.717) is 0 Å². The molecule has 0 fully saturated rings. The van der Waals surface area contributed by atoms with Crippen molar-refractivity contribution >= 4 is 14.1 Å². The van der Waals surface area contributed by atoms with Crippen molar-refractivity contribution in [1.82, 2.24) is 0 Å². The lowest BCUT2D eigenvalue weighted by Crippen LogP contribution is -2.05. The maximum Gasteiger partial charge on any atom is 0.0392 e. The van der Waals surface area contributed by atoms with E-state index in [1.165, 1.54) is 30.5 Å². The van der Waals surface area contributed by atoms with Gasteiger partial charge in [0.1, 0.15) is 0 Å². The summed E-state index contributed by atoms with van der Waals surface area (Å²) in [4.78, 5) is 4.56. The predicted molar refractivity (Wildman–Crippen MR) is 94.7 cm³/mol. The number of aliphatic imine (C=N–C) groups is 1. The molecule has 0 bridgehead atoms. The molecule has 0 atom stereocenters. The van der Waals surface area contributed by atoms with E-state index in [1.807, 2.05) is 12.3 Å². The van der Waals surface area contributed by atoms with E-state index in [-0.39, 0.29) is 7.92 Å². The van der Waals surface area contributed by atoms with Crippen molar-refractivity contribution in [1.29, 1.82) is 0 Å². The first-order valence-corrected chi connectivity index (χ1v) is 9.75. The van der Waals surface area contributed by atoms with E-state index >= 15 is 0 Å². The molecule has 0 N–H and O–H groups in total. The van der Waals surface area contributed by atoms with Gasteiger partial charge in [0.2, 0.25) is 0 Å². The molecule has 0 aliphatic rings. The van der Waals surface area contributed by atoms with Gasteiger partial charge in [-0.05, 0) is 42.3 Å². The zero-order valence-corrected chi connectivity index (χ0v) is 14.4. The van der Waals surface area contributed by atoms with Gasteiger partial charge in [0.05, 0.1) is 0 Å². The van der Waals surface area contributed by atoms with Gasteiger partial charge in [0, 0.05) is 12.8 Å². The highest BCUT2D eigenvalue weighted by Crippen LogP contribution is 2.40. The Hall–Kier alpha value is -0.680. The van der Waals surface area contributed by atoms with Crippen LogP contribution in [-0.4, -0.2) is 31.2 Å². The van der Waals surface area contributed by atoms with Crippen molar-refractivity contribution in [2.45, 2.75) is 34.1 Å². The highest BCUT2D eigenvalue weighted by molar-refractivity contribution is 7.57. The van der Waals surface area contributed by atoms with Gasteiger partial charge >= 0.3 is 0 Å². The Balaban J connectivity index is 2.27. The Morgan fingerprint density at radius 1 is 1.00 bits per heavy atom. The van der Waals surface area contributed by atoms with Crippen molar-refractivity contribution in [2.24, 2.45) is 16.8 Å². The third kappa shape index (κ3) is 8.48. The Morgan fingerprint density at radius 3 is 2.15 bits per heavy atom. The molecule has 1 aromatic rings. The second-order valence-electron chi connectivity index (χ2n) is 6.35. The molecular weight excluding hydrogens is 261 g/mol. The van der Waals surface area contributed by atoms with Crippen LogP contribution in [0.25, 0.3) is 0 Å². The number of nitrogens with zero attached hydrogens (tertiary/aromatic N) is 1. The maximum absolute atomic E-state index is 4.56. The van der Waals surface area contributed by atoms with Gasteiger partial charge in [-0.25, -0.2) is 0 Å². The summed E-state index contributed by atoms with van der Waals surface area (Å²) in [6, 6.07) is 10.4. The standard InChI is InChI=1S/C18H30NP/c1-16(2)14-20(15-17(3)4)12-8-11-19-13-18-9-6-5-7-10-18/h5-7,9-10,13,16-17H,8,11-12,14-15H2,1-4H3/b19-13+. The van der Waals surface area contributed by atoms with Crippen molar-refractivity contribution in [3.8, 4) is 0 Å². The smallest absolute Gasteiger partial charge is 0.0392 e. The molecule has 0 radical (unpaired) electrons. The van der Waals surface area contributed by atoms with Gasteiger partial charge in [-0.2, -0.15) is 0 Å². The largest absolute Gasteiger partial charge is 0.293 e. The Kier molecular flexibility index (Phi) is 8.78. The number of hydrogen-bond acceptors (Lipinski definition) is 1. The van der Waals surface area contributed by atoms with Crippen LogP contribution in [0.1, 0.15) is 39.7 Å². The van der Waals surface area contributed by atoms with Crippen LogP contribution in [0.5, 0.6) is 0 Å². The fourth-order valence-corrected chi connectivity index (χ4v) is 5.55. The molecule has 0 aliphatic carbocycles. The van der Waals surface area contributed by atoms with Crippen molar-refractivity contribution in [3.05, 3.63) is 35.9 Å². The Morgan fingerprint density at radius 2 is 1.60 bits per heavy atom. The van der Waals surface area contributed by atoms with Gasteiger partial charge in [0.25, 0.3) is 0 Å². The minimum Gasteiger partial charge on any atom is -0.293 e. The minimum atomic E-state index is 0.216. The van der Waals surface area contributed by atoms with E-state index in [2.05, 4.69) is 57.0 Å². The molecule has 0 unspecified atom stereocenters. The van der Waals surface area contributed by atoms with Crippen LogP contribution < -0.4 is 0 Å². The molecule has 0 amide bonds. The zero-order chi connectivity index (χ0) is 14.8. The first-order valence-electron chi connectivity index (χ1n) is 7.85. The molecule has 0 saturated carbocycles. The summed E-state index contributed by atoms with van der Waals surface area (Å²) in [5.74, 6) is 1.68. The molecular formula is C18H30NP. The van der Waals surface area contributed by atoms with Gasteiger partial charge in [-0.3, -0.25) is 4.99 Å². The lowest BCUT2D eigenvalue weighted by molar-refractivity contribution is 0.715. The van der Waals surface area contributed by atoms with Crippen molar-refractivity contribution in [2.75, 3.05) is 25.0 Å². The van der Waals surface area contributed by atoms with Crippen LogP contribution in [0.4, 0.5) is 0 Å². The first-order chi connectivity index (χ1) is 9.58. The SMILES string of the molecule is CC(C)CP(CCC/N=C/c1ccccc1)CC(C)C. The van der Waals surface area contributed by atoms with Crippen LogP contribution in [0.2, 0.25) is 0 Å². The van der Waals surface area contributed by atoms with Gasteiger partial charge in [0.15, 0.2) is 0 Å². The number of hydrogen-bond donors (Lipinski definition) is 0. The molecule has 2 heteroatoms. The molecule has 1 aromatic carbocycles. The average molecular weight is 291 g/mol. The van der Waals surface area contributed by atoms with Crippen LogP contribution in [0.15, 0.2) is 35.3 Å². The molecule has 20 heavy (non-hydrogen) atoms. The molecule has 0 heterocycles. The van der Waals surface area contributed by atoms with Crippen LogP contribution >= 0.6 is 7.92 Å². The highest BCUT2D eigenvalue weighted by Gasteiger charge is 2.11. The topological polar surface area (TPSA) is 12.4 Å². The molecule has 0 aromatic heterocycles. The summed E-state index contributed by atoms with van der Waals surface area (Å²) < 4.78 is 0. The number of benzene rings is 1. The quantitative estimate of drug-likeness (QED) is 0.333. The second kappa shape index (κ2) is 10.1. The van der Waals surface area contributed by atoms with Gasteiger partial charge < -0.3 is 0 Å². The molecule has 1 nitrogen and oxygen atoms in total. The van der Waals surface area contributed by atoms with Gasteiger partial charge in [-0.1, -0.05) is 58.0 Å². The van der Waals surface area contributed by atoms with E-state index < -0.39 is 0 Å². The van der Waals surface area contributed by atoms with Crippen LogP contribution in [0, 0.1) is 11.8 Å². The highest BCUT2D eigenvalue weighted by atomic mass is 31.1. The van der Waals surface area contributed by atoms with E-state index in [1.54, 1.807) is 0 Å². The summed E-state index contributed by atoms with van der Waals surface area (Å²) in [6.07, 6.45) is 7.49. The average Bonchev–Trinajstić information content (AvgIpc) is 2.38. The summed E-state index contributed by atoms with van der Waals surface area (Å²) in [5, 5.41) is 0. The summed E-state index contributed by atoms with van der Waals surface area (Å²) in [6.45, 7) is 10.4. The maximum atomic E-state index is 4.56. The van der Waals surface area contributed by atoms with Crippen LogP contribution in [0.3, 0.4) is 0 Å². The van der Waals surface area contributed by atoms with E-state index in [0.717, 1.165) is 18.4 Å². The molecule has 0 saturated heterocycles.